The third kappa shape index (κ3) is 2.51. The molecule has 0 spiro atoms. The van der Waals surface area contributed by atoms with E-state index in [9.17, 15) is 4.79 Å². The summed E-state index contributed by atoms with van der Waals surface area (Å²) in [7, 11) is 5.21. The number of benzene rings is 1. The summed E-state index contributed by atoms with van der Waals surface area (Å²) >= 11 is 0. The largest absolute Gasteiger partial charge is 0.493 e. The fraction of sp³-hybridized carbons (Fsp3) is 0.368. The Morgan fingerprint density at radius 3 is 2.85 bits per heavy atom. The number of fused-ring (bicyclic) bond motifs is 1. The summed E-state index contributed by atoms with van der Waals surface area (Å²) in [6.45, 7) is 1.37. The summed E-state index contributed by atoms with van der Waals surface area (Å²) < 4.78 is 14.6. The first-order valence-corrected chi connectivity index (χ1v) is 8.63. The number of hydrogen-bond donors (Lipinski definition) is 0. The van der Waals surface area contributed by atoms with E-state index in [0.717, 1.165) is 29.1 Å². The van der Waals surface area contributed by atoms with E-state index in [4.69, 9.17) is 9.47 Å². The van der Waals surface area contributed by atoms with E-state index in [0.29, 0.717) is 18.7 Å². The second-order valence-electron chi connectivity index (χ2n) is 6.55. The lowest BCUT2D eigenvalue weighted by atomic mass is 9.97. The third-order valence-corrected chi connectivity index (χ3v) is 5.11. The van der Waals surface area contributed by atoms with Crippen molar-refractivity contribution >= 4 is 11.6 Å². The molecule has 136 valence electrons. The van der Waals surface area contributed by atoms with Crippen LogP contribution in [0.15, 0.2) is 36.8 Å². The first-order valence-electron chi connectivity index (χ1n) is 8.63. The summed E-state index contributed by atoms with van der Waals surface area (Å²) in [5.41, 5.74) is 2.54. The number of carbonyl (C=O) groups excluding carboxylic acids is 1. The zero-order chi connectivity index (χ0) is 18.3. The van der Waals surface area contributed by atoms with Crippen molar-refractivity contribution in [2.45, 2.75) is 12.3 Å². The van der Waals surface area contributed by atoms with Gasteiger partial charge in [0.1, 0.15) is 11.2 Å². The summed E-state index contributed by atoms with van der Waals surface area (Å²) in [6.07, 6.45) is 6.29. The van der Waals surface area contributed by atoms with Gasteiger partial charge < -0.3 is 18.9 Å². The van der Waals surface area contributed by atoms with Crippen LogP contribution in [0, 0.1) is 0 Å². The number of methoxy groups -OCH3 is 2. The van der Waals surface area contributed by atoms with Crippen LogP contribution >= 0.6 is 0 Å². The van der Waals surface area contributed by atoms with E-state index in [-0.39, 0.29) is 11.8 Å². The number of ether oxygens (including phenoxy) is 2. The minimum absolute atomic E-state index is 0.0196. The van der Waals surface area contributed by atoms with E-state index in [1.807, 2.05) is 41.0 Å². The molecule has 1 aliphatic rings. The number of likely N-dealkylation sites (tertiary alicyclic amines) is 1. The number of nitrogens with zero attached hydrogens (tertiary/aromatic N) is 4. The van der Waals surface area contributed by atoms with Crippen LogP contribution in [0.1, 0.15) is 28.3 Å². The molecule has 1 unspecified atom stereocenters. The molecular weight excluding hydrogens is 332 g/mol. The highest BCUT2D eigenvalue weighted by Gasteiger charge is 2.32. The first kappa shape index (κ1) is 16.5. The minimum Gasteiger partial charge on any atom is -0.493 e. The SMILES string of the molecule is COc1cccc(C2CCN(C(=O)c3cnn4ccn(C)c34)C2)c1OC. The highest BCUT2D eigenvalue weighted by molar-refractivity contribution is 6.00. The lowest BCUT2D eigenvalue weighted by molar-refractivity contribution is 0.0792. The molecule has 1 aromatic carbocycles. The van der Waals surface area contributed by atoms with Crippen LogP contribution < -0.4 is 9.47 Å². The molecule has 1 atom stereocenters. The quantitative estimate of drug-likeness (QED) is 0.721. The number of carbonyl (C=O) groups is 1. The maximum atomic E-state index is 13.0. The molecular formula is C19H22N4O3. The second-order valence-corrected chi connectivity index (χ2v) is 6.55. The zero-order valence-electron chi connectivity index (χ0n) is 15.2. The van der Waals surface area contributed by atoms with E-state index in [1.54, 1.807) is 24.9 Å². The predicted octanol–water partition coefficient (Wildman–Crippen LogP) is 2.32. The standard InChI is InChI=1S/C19H22N4O3/c1-21-9-10-23-18(21)15(11-20-23)19(24)22-8-7-13(12-22)14-5-4-6-16(25-2)17(14)26-3/h4-6,9-11,13H,7-8,12H2,1-3H3. The molecule has 1 amide bonds. The molecule has 0 bridgehead atoms. The highest BCUT2D eigenvalue weighted by atomic mass is 16.5. The van der Waals surface area contributed by atoms with Crippen molar-refractivity contribution in [2.24, 2.45) is 7.05 Å². The molecule has 2 aromatic heterocycles. The van der Waals surface area contributed by atoms with Gasteiger partial charge >= 0.3 is 0 Å². The van der Waals surface area contributed by atoms with Crippen molar-refractivity contribution in [2.75, 3.05) is 27.3 Å². The Morgan fingerprint density at radius 2 is 2.08 bits per heavy atom. The molecule has 0 aliphatic carbocycles. The predicted molar refractivity (Wildman–Crippen MR) is 97.0 cm³/mol. The van der Waals surface area contributed by atoms with E-state index >= 15 is 0 Å². The molecule has 1 saturated heterocycles. The second kappa shape index (κ2) is 6.40. The van der Waals surface area contributed by atoms with Crippen molar-refractivity contribution < 1.29 is 14.3 Å². The van der Waals surface area contributed by atoms with E-state index in [2.05, 4.69) is 11.2 Å². The van der Waals surface area contributed by atoms with Gasteiger partial charge in [-0.25, -0.2) is 4.52 Å². The summed E-state index contributed by atoms with van der Waals surface area (Å²) in [5, 5.41) is 4.27. The Bertz CT molecular complexity index is 959. The summed E-state index contributed by atoms with van der Waals surface area (Å²) in [4.78, 5) is 14.9. The number of aromatic nitrogens is 3. The number of amides is 1. The molecule has 0 radical (unpaired) electrons. The molecule has 0 N–H and O–H groups in total. The van der Waals surface area contributed by atoms with Gasteiger partial charge in [-0.05, 0) is 12.5 Å². The maximum absolute atomic E-state index is 13.0. The smallest absolute Gasteiger partial charge is 0.259 e. The van der Waals surface area contributed by atoms with Gasteiger partial charge in [0.05, 0.1) is 20.4 Å². The molecule has 1 aliphatic heterocycles. The summed E-state index contributed by atoms with van der Waals surface area (Å²) in [5.74, 6) is 1.72. The number of imidazole rings is 1. The van der Waals surface area contributed by atoms with Crippen LogP contribution in [0.25, 0.3) is 5.65 Å². The third-order valence-electron chi connectivity index (χ3n) is 5.11. The molecule has 7 nitrogen and oxygen atoms in total. The van der Waals surface area contributed by atoms with Crippen LogP contribution in [-0.2, 0) is 7.05 Å². The van der Waals surface area contributed by atoms with Gasteiger partial charge in [0.15, 0.2) is 11.5 Å². The van der Waals surface area contributed by atoms with Gasteiger partial charge in [0, 0.05) is 44.0 Å². The van der Waals surface area contributed by atoms with Crippen molar-refractivity contribution in [1.82, 2.24) is 19.1 Å². The lowest BCUT2D eigenvalue weighted by Gasteiger charge is -2.19. The van der Waals surface area contributed by atoms with Crippen molar-refractivity contribution in [3.05, 3.63) is 47.9 Å². The summed E-state index contributed by atoms with van der Waals surface area (Å²) in [6, 6.07) is 5.90. The van der Waals surface area contributed by atoms with Crippen LogP contribution in [0.2, 0.25) is 0 Å². The van der Waals surface area contributed by atoms with Crippen molar-refractivity contribution in [3.8, 4) is 11.5 Å². The fourth-order valence-electron chi connectivity index (χ4n) is 3.80. The Kier molecular flexibility index (Phi) is 4.06. The number of rotatable bonds is 4. The average molecular weight is 354 g/mol. The monoisotopic (exact) mass is 354 g/mol. The van der Waals surface area contributed by atoms with E-state index < -0.39 is 0 Å². The maximum Gasteiger partial charge on any atom is 0.259 e. The van der Waals surface area contributed by atoms with Gasteiger partial charge in [-0.1, -0.05) is 12.1 Å². The van der Waals surface area contributed by atoms with Gasteiger partial charge in [0.25, 0.3) is 5.91 Å². The molecule has 4 rings (SSSR count). The van der Waals surface area contributed by atoms with Crippen LogP contribution in [0.3, 0.4) is 0 Å². The topological polar surface area (TPSA) is 61.0 Å². The molecule has 3 heterocycles. The fourth-order valence-corrected chi connectivity index (χ4v) is 3.80. The first-order chi connectivity index (χ1) is 12.6. The number of para-hydroxylation sites is 1. The Morgan fingerprint density at radius 1 is 1.23 bits per heavy atom. The molecule has 7 heteroatoms. The minimum atomic E-state index is 0.0196. The lowest BCUT2D eigenvalue weighted by Crippen LogP contribution is -2.28. The Labute approximate surface area is 151 Å². The van der Waals surface area contributed by atoms with Gasteiger partial charge in [-0.3, -0.25) is 4.79 Å². The van der Waals surface area contributed by atoms with E-state index in [1.165, 1.54) is 0 Å². The van der Waals surface area contributed by atoms with Crippen LogP contribution in [0.5, 0.6) is 11.5 Å². The number of hydrogen-bond acceptors (Lipinski definition) is 4. The molecule has 1 fully saturated rings. The molecule has 26 heavy (non-hydrogen) atoms. The van der Waals surface area contributed by atoms with Crippen molar-refractivity contribution in [3.63, 3.8) is 0 Å². The highest BCUT2D eigenvalue weighted by Crippen LogP contribution is 2.39. The van der Waals surface area contributed by atoms with Crippen molar-refractivity contribution in [1.29, 1.82) is 0 Å². The molecule has 0 saturated carbocycles. The van der Waals surface area contributed by atoms with Crippen LogP contribution in [-0.4, -0.2) is 52.3 Å². The Hall–Kier alpha value is -2.96. The Balaban J connectivity index is 1.59. The number of aryl methyl sites for hydroxylation is 1. The normalized spacial score (nSPS) is 17.0. The van der Waals surface area contributed by atoms with Gasteiger partial charge in [-0.15, -0.1) is 0 Å². The van der Waals surface area contributed by atoms with Crippen LogP contribution in [0.4, 0.5) is 0 Å². The van der Waals surface area contributed by atoms with Gasteiger partial charge in [0.2, 0.25) is 0 Å². The molecule has 3 aromatic rings. The van der Waals surface area contributed by atoms with Gasteiger partial charge in [-0.2, -0.15) is 5.10 Å². The zero-order valence-corrected chi connectivity index (χ0v) is 15.2. The average Bonchev–Trinajstić information content (AvgIpc) is 3.38.